The summed E-state index contributed by atoms with van der Waals surface area (Å²) >= 11 is 0. The normalized spacial score (nSPS) is 16.9. The summed E-state index contributed by atoms with van der Waals surface area (Å²) in [5, 5.41) is 6.65. The van der Waals surface area contributed by atoms with Crippen LogP contribution >= 0.6 is 24.0 Å². The van der Waals surface area contributed by atoms with E-state index in [9.17, 15) is 0 Å². The summed E-state index contributed by atoms with van der Waals surface area (Å²) < 4.78 is 16.7. The van der Waals surface area contributed by atoms with Crippen LogP contribution in [0.15, 0.2) is 23.2 Å². The Morgan fingerprint density at radius 1 is 1.15 bits per heavy atom. The summed E-state index contributed by atoms with van der Waals surface area (Å²) in [6, 6.07) is 5.98. The van der Waals surface area contributed by atoms with Crippen LogP contribution in [0.4, 0.5) is 0 Å². The topological polar surface area (TPSA) is 64.1 Å². The third-order valence-corrected chi connectivity index (χ3v) is 4.64. The van der Waals surface area contributed by atoms with E-state index in [2.05, 4.69) is 15.6 Å². The summed E-state index contributed by atoms with van der Waals surface area (Å²) in [4.78, 5) is 4.26. The van der Waals surface area contributed by atoms with E-state index < -0.39 is 0 Å². The molecule has 1 heterocycles. The number of hydrogen-bond donors (Lipinski definition) is 2. The molecule has 0 aromatic heterocycles. The number of nitrogens with one attached hydrogen (secondary N) is 2. The van der Waals surface area contributed by atoms with Gasteiger partial charge in [-0.15, -0.1) is 24.0 Å². The van der Waals surface area contributed by atoms with Crippen molar-refractivity contribution in [2.75, 3.05) is 27.0 Å². The van der Waals surface area contributed by atoms with Crippen molar-refractivity contribution in [3.63, 3.8) is 0 Å². The second kappa shape index (κ2) is 11.5. The van der Waals surface area contributed by atoms with Gasteiger partial charge in [0, 0.05) is 26.7 Å². The smallest absolute Gasteiger partial charge is 0.231 e. The molecule has 1 saturated carbocycles. The number of fused-ring (bicyclic) bond motifs is 1. The lowest BCUT2D eigenvalue weighted by atomic mass is 9.98. The maximum Gasteiger partial charge on any atom is 0.231 e. The van der Waals surface area contributed by atoms with Crippen LogP contribution < -0.4 is 20.1 Å². The van der Waals surface area contributed by atoms with Gasteiger partial charge in [0.15, 0.2) is 17.5 Å². The Bertz CT molecular complexity index is 577. The van der Waals surface area contributed by atoms with Gasteiger partial charge in [-0.05, 0) is 37.0 Å². The van der Waals surface area contributed by atoms with Crippen LogP contribution in [-0.4, -0.2) is 39.1 Å². The fraction of sp³-hybridized carbons (Fsp3) is 0.632. The molecule has 7 heteroatoms. The fourth-order valence-corrected chi connectivity index (χ4v) is 3.22. The molecule has 6 nitrogen and oxygen atoms in total. The monoisotopic (exact) mass is 475 g/mol. The maximum absolute atomic E-state index is 5.94. The molecule has 2 aliphatic rings. The first-order valence-corrected chi connectivity index (χ1v) is 9.30. The highest BCUT2D eigenvalue weighted by Crippen LogP contribution is 2.32. The quantitative estimate of drug-likeness (QED) is 0.274. The predicted molar refractivity (Wildman–Crippen MR) is 114 cm³/mol. The van der Waals surface area contributed by atoms with Crippen LogP contribution in [0.25, 0.3) is 0 Å². The Balaban J connectivity index is 0.00000243. The lowest BCUT2D eigenvalue weighted by molar-refractivity contribution is 0.0277. The molecule has 0 unspecified atom stereocenters. The molecule has 1 aromatic rings. The molecule has 1 aliphatic carbocycles. The highest BCUT2D eigenvalue weighted by atomic mass is 127. The molecular formula is C19H30IN3O3. The van der Waals surface area contributed by atoms with E-state index in [1.165, 1.54) is 32.1 Å². The Labute approximate surface area is 173 Å². The molecule has 0 atom stereocenters. The zero-order chi connectivity index (χ0) is 17.3. The van der Waals surface area contributed by atoms with Gasteiger partial charge in [0.05, 0.1) is 6.10 Å². The average Bonchev–Trinajstić information content (AvgIpc) is 3.12. The van der Waals surface area contributed by atoms with E-state index >= 15 is 0 Å². The molecule has 0 radical (unpaired) electrons. The van der Waals surface area contributed by atoms with Crippen LogP contribution in [0.5, 0.6) is 11.5 Å². The van der Waals surface area contributed by atoms with E-state index in [0.717, 1.165) is 42.6 Å². The Kier molecular flexibility index (Phi) is 9.31. The van der Waals surface area contributed by atoms with Crippen LogP contribution in [0, 0.1) is 0 Å². The summed E-state index contributed by atoms with van der Waals surface area (Å²) in [6.45, 7) is 2.66. The molecule has 3 rings (SSSR count). The Hall–Kier alpha value is -1.22. The zero-order valence-electron chi connectivity index (χ0n) is 15.5. The lowest BCUT2D eigenvalue weighted by Crippen LogP contribution is -2.37. The Morgan fingerprint density at radius 3 is 2.77 bits per heavy atom. The first-order chi connectivity index (χ1) is 12.3. The first-order valence-electron chi connectivity index (χ1n) is 9.30. The highest BCUT2D eigenvalue weighted by Gasteiger charge is 2.14. The molecule has 26 heavy (non-hydrogen) atoms. The lowest BCUT2D eigenvalue weighted by Gasteiger charge is -2.22. The Morgan fingerprint density at radius 2 is 1.96 bits per heavy atom. The van der Waals surface area contributed by atoms with Crippen LogP contribution in [-0.2, 0) is 11.3 Å². The summed E-state index contributed by atoms with van der Waals surface area (Å²) in [5.41, 5.74) is 1.13. The van der Waals surface area contributed by atoms with Crippen molar-refractivity contribution in [1.82, 2.24) is 10.6 Å². The van der Waals surface area contributed by atoms with Crippen LogP contribution in [0.2, 0.25) is 0 Å². The molecule has 0 amide bonds. The molecule has 0 saturated heterocycles. The molecule has 0 spiro atoms. The van der Waals surface area contributed by atoms with Crippen molar-refractivity contribution in [1.29, 1.82) is 0 Å². The van der Waals surface area contributed by atoms with Gasteiger partial charge < -0.3 is 24.8 Å². The van der Waals surface area contributed by atoms with E-state index in [-0.39, 0.29) is 24.0 Å². The minimum absolute atomic E-state index is 0. The zero-order valence-corrected chi connectivity index (χ0v) is 17.8. The van der Waals surface area contributed by atoms with Gasteiger partial charge in [0.2, 0.25) is 6.79 Å². The van der Waals surface area contributed by atoms with E-state index in [1.54, 1.807) is 7.05 Å². The molecular weight excluding hydrogens is 445 g/mol. The van der Waals surface area contributed by atoms with Crippen molar-refractivity contribution in [3.05, 3.63) is 23.8 Å². The van der Waals surface area contributed by atoms with Crippen molar-refractivity contribution in [2.45, 2.75) is 51.2 Å². The van der Waals surface area contributed by atoms with Gasteiger partial charge >= 0.3 is 0 Å². The van der Waals surface area contributed by atoms with Gasteiger partial charge in [0.25, 0.3) is 0 Å². The number of benzene rings is 1. The van der Waals surface area contributed by atoms with Gasteiger partial charge in [0.1, 0.15) is 0 Å². The summed E-state index contributed by atoms with van der Waals surface area (Å²) in [5.74, 6) is 2.42. The second-order valence-corrected chi connectivity index (χ2v) is 6.52. The number of nitrogens with zero attached hydrogens (tertiary/aromatic N) is 1. The molecule has 1 fully saturated rings. The van der Waals surface area contributed by atoms with Gasteiger partial charge in [-0.2, -0.15) is 0 Å². The third-order valence-electron chi connectivity index (χ3n) is 4.64. The SMILES string of the molecule is CN=C(NCCCOC1CCCCC1)NCc1ccc2c(c1)OCO2.I. The van der Waals surface area contributed by atoms with Crippen molar-refractivity contribution in [2.24, 2.45) is 4.99 Å². The summed E-state index contributed by atoms with van der Waals surface area (Å²) in [7, 11) is 1.79. The predicted octanol–water partition coefficient (Wildman–Crippen LogP) is 3.44. The summed E-state index contributed by atoms with van der Waals surface area (Å²) in [6.07, 6.45) is 7.93. The van der Waals surface area contributed by atoms with Crippen molar-refractivity contribution >= 4 is 29.9 Å². The third kappa shape index (κ3) is 6.50. The number of aliphatic imine (C=N–C) groups is 1. The maximum atomic E-state index is 5.94. The van der Waals surface area contributed by atoms with Crippen LogP contribution in [0.1, 0.15) is 44.1 Å². The molecule has 2 N–H and O–H groups in total. The fourth-order valence-electron chi connectivity index (χ4n) is 3.22. The van der Waals surface area contributed by atoms with Gasteiger partial charge in [-0.25, -0.2) is 0 Å². The second-order valence-electron chi connectivity index (χ2n) is 6.52. The largest absolute Gasteiger partial charge is 0.454 e. The number of guanidine groups is 1. The molecule has 146 valence electrons. The number of rotatable bonds is 7. The van der Waals surface area contributed by atoms with E-state index in [0.29, 0.717) is 19.4 Å². The van der Waals surface area contributed by atoms with Crippen molar-refractivity contribution < 1.29 is 14.2 Å². The van der Waals surface area contributed by atoms with E-state index in [1.807, 2.05) is 18.2 Å². The molecule has 0 bridgehead atoms. The van der Waals surface area contributed by atoms with Crippen molar-refractivity contribution in [3.8, 4) is 11.5 Å². The standard InChI is InChI=1S/C19H29N3O3.HI/c1-20-19(21-10-5-11-23-16-6-3-2-4-7-16)22-13-15-8-9-17-18(12-15)25-14-24-17;/h8-9,12,16H,2-7,10-11,13-14H2,1H3,(H2,20,21,22);1H. The molecule has 1 aliphatic heterocycles. The number of hydrogen-bond acceptors (Lipinski definition) is 4. The van der Waals surface area contributed by atoms with E-state index in [4.69, 9.17) is 14.2 Å². The number of ether oxygens (including phenoxy) is 3. The average molecular weight is 475 g/mol. The highest BCUT2D eigenvalue weighted by molar-refractivity contribution is 14.0. The molecule has 1 aromatic carbocycles. The van der Waals surface area contributed by atoms with Gasteiger partial charge in [-0.1, -0.05) is 25.3 Å². The minimum Gasteiger partial charge on any atom is -0.454 e. The minimum atomic E-state index is 0. The van der Waals surface area contributed by atoms with Gasteiger partial charge in [-0.3, -0.25) is 4.99 Å². The number of halogens is 1. The van der Waals surface area contributed by atoms with Crippen LogP contribution in [0.3, 0.4) is 0 Å². The first kappa shape index (κ1) is 21.1.